The van der Waals surface area contributed by atoms with Crippen molar-refractivity contribution in [2.45, 2.75) is 58.7 Å². The van der Waals surface area contributed by atoms with E-state index >= 15 is 0 Å². The summed E-state index contributed by atoms with van der Waals surface area (Å²) in [6.07, 6.45) is 0.780. The first kappa shape index (κ1) is 16.0. The van der Waals surface area contributed by atoms with Crippen LogP contribution in [0.1, 0.15) is 40.2 Å². The van der Waals surface area contributed by atoms with Gasteiger partial charge >= 0.3 is 0 Å². The number of piperazine rings is 1. The van der Waals surface area contributed by atoms with E-state index in [0.717, 1.165) is 6.42 Å². The first-order valence-electron chi connectivity index (χ1n) is 7.40. The molecular formula is C16H24N2O2S. The van der Waals surface area contributed by atoms with Gasteiger partial charge in [-0.05, 0) is 55.5 Å². The second kappa shape index (κ2) is 5.79. The van der Waals surface area contributed by atoms with E-state index in [2.05, 4.69) is 16.8 Å². The maximum Gasteiger partial charge on any atom is 0.248 e. The van der Waals surface area contributed by atoms with E-state index in [0.29, 0.717) is 0 Å². The minimum absolute atomic E-state index is 0.00327. The van der Waals surface area contributed by atoms with Crippen LogP contribution in [0.2, 0.25) is 0 Å². The zero-order valence-corrected chi connectivity index (χ0v) is 14.2. The third kappa shape index (κ3) is 3.12. The second-order valence-corrected chi connectivity index (χ2v) is 7.48. The van der Waals surface area contributed by atoms with Gasteiger partial charge in [-0.25, -0.2) is 0 Å². The normalized spacial score (nSPS) is 23.3. The molecule has 2 amide bonds. The summed E-state index contributed by atoms with van der Waals surface area (Å²) in [6, 6.07) is 1.69. The van der Waals surface area contributed by atoms with E-state index < -0.39 is 5.54 Å². The van der Waals surface area contributed by atoms with Crippen LogP contribution in [0.5, 0.6) is 0 Å². The minimum Gasteiger partial charge on any atom is -0.340 e. The number of hydrogen-bond donors (Lipinski definition) is 1. The van der Waals surface area contributed by atoms with Gasteiger partial charge < -0.3 is 10.2 Å². The molecule has 0 bridgehead atoms. The van der Waals surface area contributed by atoms with Gasteiger partial charge in [0.15, 0.2) is 0 Å². The predicted octanol–water partition coefficient (Wildman–Crippen LogP) is 2.44. The highest BCUT2D eigenvalue weighted by Crippen LogP contribution is 2.26. The molecule has 2 rings (SSSR count). The maximum atomic E-state index is 12.8. The van der Waals surface area contributed by atoms with E-state index in [4.69, 9.17) is 0 Å². The highest BCUT2D eigenvalue weighted by Gasteiger charge is 2.47. The molecule has 4 nitrogen and oxygen atoms in total. The second-order valence-electron chi connectivity index (χ2n) is 6.70. The van der Waals surface area contributed by atoms with Crippen LogP contribution in [0.25, 0.3) is 0 Å². The summed E-state index contributed by atoms with van der Waals surface area (Å²) in [5.74, 6) is 0.0465. The van der Waals surface area contributed by atoms with Crippen LogP contribution in [-0.2, 0) is 16.0 Å². The molecule has 2 heterocycles. The van der Waals surface area contributed by atoms with Gasteiger partial charge in [-0.3, -0.25) is 9.59 Å². The number of hydrogen-bond acceptors (Lipinski definition) is 3. The van der Waals surface area contributed by atoms with Crippen LogP contribution in [0.3, 0.4) is 0 Å². The van der Waals surface area contributed by atoms with Gasteiger partial charge in [-0.15, -0.1) is 0 Å². The smallest absolute Gasteiger partial charge is 0.248 e. The highest BCUT2D eigenvalue weighted by atomic mass is 32.1. The number of nitrogens with one attached hydrogen (secondary N) is 1. The fourth-order valence-electron chi connectivity index (χ4n) is 2.96. The van der Waals surface area contributed by atoms with Gasteiger partial charge in [0.2, 0.25) is 11.8 Å². The van der Waals surface area contributed by atoms with E-state index in [1.807, 2.05) is 26.2 Å². The molecule has 1 fully saturated rings. The van der Waals surface area contributed by atoms with Crippen LogP contribution in [0, 0.1) is 5.92 Å². The molecule has 0 saturated carbocycles. The lowest BCUT2D eigenvalue weighted by Crippen LogP contribution is -2.71. The maximum absolute atomic E-state index is 12.8. The summed E-state index contributed by atoms with van der Waals surface area (Å²) in [5, 5.41) is 6.99. The Labute approximate surface area is 130 Å². The Balaban J connectivity index is 2.29. The first-order chi connectivity index (χ1) is 9.74. The molecule has 1 aliphatic rings. The molecule has 116 valence electrons. The number of carbonyl (C=O) groups is 2. The van der Waals surface area contributed by atoms with Crippen molar-refractivity contribution >= 4 is 23.2 Å². The van der Waals surface area contributed by atoms with E-state index in [1.165, 1.54) is 5.56 Å². The molecule has 0 spiro atoms. The molecule has 2 atom stereocenters. The Morgan fingerprint density at radius 3 is 2.52 bits per heavy atom. The standard InChI is InChI=1S/C16H24N2O2S/c1-10(2)13-14(19)17-16(4,5)15(20)18(13)11(3)8-12-6-7-21-9-12/h6-7,9-11,13H,8H2,1-5H3,(H,17,19). The van der Waals surface area contributed by atoms with Gasteiger partial charge in [0.05, 0.1) is 0 Å². The fourth-order valence-corrected chi connectivity index (χ4v) is 3.64. The lowest BCUT2D eigenvalue weighted by molar-refractivity contribution is -0.158. The van der Waals surface area contributed by atoms with Crippen LogP contribution < -0.4 is 5.32 Å². The van der Waals surface area contributed by atoms with Gasteiger partial charge in [-0.2, -0.15) is 11.3 Å². The Kier molecular flexibility index (Phi) is 4.42. The minimum atomic E-state index is -0.828. The molecule has 2 unspecified atom stereocenters. The Bertz CT molecular complexity index is 522. The third-order valence-corrected chi connectivity index (χ3v) is 4.72. The van der Waals surface area contributed by atoms with Crippen LogP contribution in [0.15, 0.2) is 16.8 Å². The van der Waals surface area contributed by atoms with Crippen LogP contribution >= 0.6 is 11.3 Å². The molecule has 1 aromatic heterocycles. The molecule has 1 saturated heterocycles. The van der Waals surface area contributed by atoms with Crippen LogP contribution in [0.4, 0.5) is 0 Å². The van der Waals surface area contributed by atoms with Gasteiger partial charge in [0.25, 0.3) is 0 Å². The Hall–Kier alpha value is -1.36. The average Bonchev–Trinajstić information content (AvgIpc) is 2.84. The van der Waals surface area contributed by atoms with Gasteiger partial charge in [-0.1, -0.05) is 13.8 Å². The van der Waals surface area contributed by atoms with Crippen molar-refractivity contribution in [1.29, 1.82) is 0 Å². The summed E-state index contributed by atoms with van der Waals surface area (Å²) >= 11 is 1.65. The van der Waals surface area contributed by atoms with E-state index in [9.17, 15) is 9.59 Å². The zero-order valence-electron chi connectivity index (χ0n) is 13.3. The van der Waals surface area contributed by atoms with Crippen molar-refractivity contribution in [3.05, 3.63) is 22.4 Å². The zero-order chi connectivity index (χ0) is 15.8. The highest BCUT2D eigenvalue weighted by molar-refractivity contribution is 7.07. The summed E-state index contributed by atoms with van der Waals surface area (Å²) in [7, 11) is 0. The van der Waals surface area contributed by atoms with Crippen molar-refractivity contribution < 1.29 is 9.59 Å². The summed E-state index contributed by atoms with van der Waals surface area (Å²) in [5.41, 5.74) is 0.386. The van der Waals surface area contributed by atoms with Crippen molar-refractivity contribution in [2.24, 2.45) is 5.92 Å². The van der Waals surface area contributed by atoms with Crippen molar-refractivity contribution in [3.63, 3.8) is 0 Å². The van der Waals surface area contributed by atoms with E-state index in [1.54, 1.807) is 30.1 Å². The number of rotatable bonds is 4. The molecule has 0 radical (unpaired) electrons. The topological polar surface area (TPSA) is 49.4 Å². The molecule has 1 aliphatic heterocycles. The van der Waals surface area contributed by atoms with Crippen molar-refractivity contribution in [2.75, 3.05) is 0 Å². The van der Waals surface area contributed by atoms with Crippen LogP contribution in [-0.4, -0.2) is 34.3 Å². The molecule has 21 heavy (non-hydrogen) atoms. The summed E-state index contributed by atoms with van der Waals surface area (Å²) in [6.45, 7) is 9.54. The first-order valence-corrected chi connectivity index (χ1v) is 8.34. The summed E-state index contributed by atoms with van der Waals surface area (Å²) in [4.78, 5) is 27.0. The average molecular weight is 308 g/mol. The lowest BCUT2D eigenvalue weighted by Gasteiger charge is -2.47. The molecule has 0 aliphatic carbocycles. The molecule has 5 heteroatoms. The quantitative estimate of drug-likeness (QED) is 0.929. The van der Waals surface area contributed by atoms with Crippen molar-refractivity contribution in [3.8, 4) is 0 Å². The Morgan fingerprint density at radius 1 is 1.33 bits per heavy atom. The van der Waals surface area contributed by atoms with Crippen molar-refractivity contribution in [1.82, 2.24) is 10.2 Å². The molecule has 0 aromatic carbocycles. The monoisotopic (exact) mass is 308 g/mol. The molecule has 1 aromatic rings. The van der Waals surface area contributed by atoms with Gasteiger partial charge in [0.1, 0.15) is 11.6 Å². The summed E-state index contributed by atoms with van der Waals surface area (Å²) < 4.78 is 0. The number of amides is 2. The largest absolute Gasteiger partial charge is 0.340 e. The number of carbonyl (C=O) groups excluding carboxylic acids is 2. The molecule has 1 N–H and O–H groups in total. The van der Waals surface area contributed by atoms with Gasteiger partial charge in [0, 0.05) is 6.04 Å². The molecular weight excluding hydrogens is 284 g/mol. The SMILES string of the molecule is CC(C)C1C(=O)NC(C)(C)C(=O)N1C(C)Cc1ccsc1. The predicted molar refractivity (Wildman–Crippen MR) is 85.2 cm³/mol. The fraction of sp³-hybridized carbons (Fsp3) is 0.625. The number of nitrogens with zero attached hydrogens (tertiary/aromatic N) is 1. The lowest BCUT2D eigenvalue weighted by atomic mass is 9.89. The third-order valence-electron chi connectivity index (χ3n) is 3.99. The Morgan fingerprint density at radius 2 is 2.00 bits per heavy atom. The van der Waals surface area contributed by atoms with E-state index in [-0.39, 0.29) is 29.8 Å². The number of thiophene rings is 1.